The van der Waals surface area contributed by atoms with Gasteiger partial charge >= 0.3 is 12.1 Å². The molecule has 1 heterocycles. The predicted octanol–water partition coefficient (Wildman–Crippen LogP) is 3.48. The number of benzene rings is 2. The molecule has 1 atom stereocenters. The molecule has 2 aromatic carbocycles. The van der Waals surface area contributed by atoms with Crippen LogP contribution in [0.5, 0.6) is 0 Å². The Morgan fingerprint density at radius 3 is 2.20 bits per heavy atom. The molecule has 0 aromatic heterocycles. The van der Waals surface area contributed by atoms with Crippen molar-refractivity contribution >= 4 is 51.1 Å². The van der Waals surface area contributed by atoms with Crippen molar-refractivity contribution < 1.29 is 42.2 Å². The highest BCUT2D eigenvalue weighted by Crippen LogP contribution is 2.23. The summed E-state index contributed by atoms with van der Waals surface area (Å²) in [6, 6.07) is 11.5. The lowest BCUT2D eigenvalue weighted by molar-refractivity contribution is -0.192. The largest absolute Gasteiger partial charge is 0.490 e. The van der Waals surface area contributed by atoms with Gasteiger partial charge in [0.1, 0.15) is 12.3 Å². The zero-order chi connectivity index (χ0) is 30.7. The van der Waals surface area contributed by atoms with Gasteiger partial charge in [0, 0.05) is 35.0 Å². The van der Waals surface area contributed by atoms with Crippen LogP contribution in [0.3, 0.4) is 0 Å². The Balaban J connectivity index is 0.000000745. The molecular weight excluding hydrogens is 615 g/mol. The SMILES string of the molecule is CC(NC(=O)CC(=O)Nc1ccc(C(=N)N)cc1)c1ccc(C(=O)NC2CCOCC2)c(Br)c1.O=C(O)C(F)(F)F. The van der Waals surface area contributed by atoms with Crippen molar-refractivity contribution in [2.75, 3.05) is 18.5 Å². The van der Waals surface area contributed by atoms with Crippen molar-refractivity contribution in [3.63, 3.8) is 0 Å². The predicted molar refractivity (Wildman–Crippen MR) is 146 cm³/mol. The summed E-state index contributed by atoms with van der Waals surface area (Å²) in [5, 5.41) is 23.0. The number of nitrogens with two attached hydrogens (primary N) is 1. The van der Waals surface area contributed by atoms with Crippen molar-refractivity contribution in [3.05, 3.63) is 63.6 Å². The highest BCUT2D eigenvalue weighted by atomic mass is 79.9. The molecule has 3 rings (SSSR count). The molecule has 0 saturated carbocycles. The maximum absolute atomic E-state index is 12.6. The number of amidine groups is 1. The Kier molecular flexibility index (Phi) is 12.3. The standard InChI is InChI=1S/C24H28BrN5O4.C2HF3O2/c1-14(28-21(31)13-22(32)29-17-5-2-15(3-6-17)23(26)27)16-4-7-19(20(25)12-16)24(33)30-18-8-10-34-11-9-18;3-2(4,5)1(6)7/h2-7,12,14,18H,8-11,13H2,1H3,(H3,26,27)(H,28,31)(H,29,32)(H,30,33);(H,6,7). The molecule has 1 aliphatic heterocycles. The molecule has 1 fully saturated rings. The van der Waals surface area contributed by atoms with Crippen LogP contribution >= 0.6 is 15.9 Å². The van der Waals surface area contributed by atoms with Crippen LogP contribution < -0.4 is 21.7 Å². The van der Waals surface area contributed by atoms with Crippen LogP contribution in [0.25, 0.3) is 0 Å². The summed E-state index contributed by atoms with van der Waals surface area (Å²) in [5.41, 5.74) is 7.78. The maximum Gasteiger partial charge on any atom is 0.490 e. The Labute approximate surface area is 241 Å². The van der Waals surface area contributed by atoms with Crippen molar-refractivity contribution in [1.82, 2.24) is 10.6 Å². The third kappa shape index (κ3) is 11.2. The monoisotopic (exact) mass is 643 g/mol. The number of halogens is 4. The molecule has 11 nitrogen and oxygen atoms in total. The molecule has 0 radical (unpaired) electrons. The van der Waals surface area contributed by atoms with E-state index in [1.54, 1.807) is 49.4 Å². The van der Waals surface area contributed by atoms with Gasteiger partial charge in [-0.25, -0.2) is 4.79 Å². The van der Waals surface area contributed by atoms with Crippen LogP contribution in [0.2, 0.25) is 0 Å². The van der Waals surface area contributed by atoms with Crippen molar-refractivity contribution in [2.45, 2.75) is 44.4 Å². The van der Waals surface area contributed by atoms with Crippen LogP contribution in [-0.2, 0) is 19.1 Å². The zero-order valence-corrected chi connectivity index (χ0v) is 23.4. The second kappa shape index (κ2) is 15.1. The van der Waals surface area contributed by atoms with Crippen LogP contribution in [0, 0.1) is 5.41 Å². The number of nitrogen functional groups attached to an aromatic ring is 1. The minimum Gasteiger partial charge on any atom is -0.475 e. The first-order valence-corrected chi connectivity index (χ1v) is 13.0. The number of carbonyl (C=O) groups excluding carboxylic acids is 3. The smallest absolute Gasteiger partial charge is 0.475 e. The second-order valence-corrected chi connectivity index (χ2v) is 9.76. The molecule has 0 spiro atoms. The van der Waals surface area contributed by atoms with E-state index in [1.807, 2.05) is 0 Å². The van der Waals surface area contributed by atoms with Crippen LogP contribution in [0.1, 0.15) is 53.7 Å². The lowest BCUT2D eigenvalue weighted by Gasteiger charge is -2.23. The van der Waals surface area contributed by atoms with E-state index < -0.39 is 24.0 Å². The normalized spacial score (nSPS) is 14.1. The first-order valence-electron chi connectivity index (χ1n) is 12.2. The van der Waals surface area contributed by atoms with Crippen molar-refractivity contribution in [2.24, 2.45) is 5.73 Å². The van der Waals surface area contributed by atoms with E-state index >= 15 is 0 Å². The van der Waals surface area contributed by atoms with Crippen LogP contribution in [-0.4, -0.2) is 60.1 Å². The molecule has 1 aliphatic rings. The van der Waals surface area contributed by atoms with Crippen LogP contribution in [0.15, 0.2) is 46.9 Å². The number of hydrogen-bond acceptors (Lipinski definition) is 6. The molecular formula is C26H29BrF3N5O6. The molecule has 41 heavy (non-hydrogen) atoms. The van der Waals surface area contributed by atoms with Gasteiger partial charge in [0.25, 0.3) is 5.91 Å². The van der Waals surface area contributed by atoms with Gasteiger partial charge in [-0.2, -0.15) is 13.2 Å². The molecule has 3 amide bonds. The first kappa shape index (κ1) is 33.2. The van der Waals surface area contributed by atoms with Gasteiger partial charge < -0.3 is 31.5 Å². The molecule has 1 unspecified atom stereocenters. The Morgan fingerprint density at radius 2 is 1.68 bits per heavy atom. The Morgan fingerprint density at radius 1 is 1.10 bits per heavy atom. The fraction of sp³-hybridized carbons (Fsp3) is 0.346. The number of rotatable bonds is 8. The highest BCUT2D eigenvalue weighted by Gasteiger charge is 2.38. The molecule has 7 N–H and O–H groups in total. The molecule has 2 aromatic rings. The van der Waals surface area contributed by atoms with Gasteiger partial charge in [-0.1, -0.05) is 6.07 Å². The average Bonchev–Trinajstić information content (AvgIpc) is 2.89. The molecule has 1 saturated heterocycles. The second-order valence-electron chi connectivity index (χ2n) is 8.91. The highest BCUT2D eigenvalue weighted by molar-refractivity contribution is 9.10. The lowest BCUT2D eigenvalue weighted by atomic mass is 10.0. The molecule has 15 heteroatoms. The number of carboxylic acids is 1. The van der Waals surface area contributed by atoms with Gasteiger partial charge in [0.15, 0.2) is 0 Å². The molecule has 0 bridgehead atoms. The summed E-state index contributed by atoms with van der Waals surface area (Å²) in [6.45, 7) is 3.10. The van der Waals surface area contributed by atoms with E-state index in [-0.39, 0.29) is 30.2 Å². The van der Waals surface area contributed by atoms with Gasteiger partial charge in [0.2, 0.25) is 11.8 Å². The Hall–Kier alpha value is -3.98. The lowest BCUT2D eigenvalue weighted by Crippen LogP contribution is -2.39. The zero-order valence-electron chi connectivity index (χ0n) is 21.8. The summed E-state index contributed by atoms with van der Waals surface area (Å²) < 4.78 is 37.7. The van der Waals surface area contributed by atoms with Crippen molar-refractivity contribution in [1.29, 1.82) is 5.41 Å². The minimum atomic E-state index is -5.08. The van der Waals surface area contributed by atoms with Gasteiger partial charge in [-0.05, 0) is 77.7 Å². The Bertz CT molecular complexity index is 1270. The fourth-order valence-electron chi connectivity index (χ4n) is 3.55. The van der Waals surface area contributed by atoms with Gasteiger partial charge in [0.05, 0.1) is 11.6 Å². The van der Waals surface area contributed by atoms with E-state index in [0.29, 0.717) is 34.5 Å². The number of alkyl halides is 3. The number of hydrogen-bond donors (Lipinski definition) is 6. The average molecular weight is 644 g/mol. The number of nitrogens with one attached hydrogen (secondary N) is 4. The fourth-order valence-corrected chi connectivity index (χ4v) is 4.13. The summed E-state index contributed by atoms with van der Waals surface area (Å²) in [6.07, 6.45) is -3.84. The third-order valence-corrected chi connectivity index (χ3v) is 6.37. The summed E-state index contributed by atoms with van der Waals surface area (Å²) in [7, 11) is 0. The van der Waals surface area contributed by atoms with Gasteiger partial charge in [-0.15, -0.1) is 0 Å². The van der Waals surface area contributed by atoms with E-state index in [4.69, 9.17) is 25.8 Å². The van der Waals surface area contributed by atoms with E-state index in [0.717, 1.165) is 18.4 Å². The molecule has 0 aliphatic carbocycles. The van der Waals surface area contributed by atoms with E-state index in [1.165, 1.54) is 0 Å². The maximum atomic E-state index is 12.6. The van der Waals surface area contributed by atoms with Crippen LogP contribution in [0.4, 0.5) is 18.9 Å². The number of anilines is 1. The third-order valence-electron chi connectivity index (χ3n) is 5.72. The first-order chi connectivity index (χ1) is 19.2. The number of aliphatic carboxylic acids is 1. The summed E-state index contributed by atoms with van der Waals surface area (Å²) in [4.78, 5) is 46.0. The number of amides is 3. The number of carboxylic acid groups (broad SMARTS) is 1. The van der Waals surface area contributed by atoms with E-state index in [2.05, 4.69) is 31.9 Å². The summed E-state index contributed by atoms with van der Waals surface area (Å²) >= 11 is 3.45. The summed E-state index contributed by atoms with van der Waals surface area (Å²) in [5.74, 6) is -3.86. The number of ether oxygens (including phenoxy) is 1. The van der Waals surface area contributed by atoms with Gasteiger partial charge in [-0.3, -0.25) is 19.8 Å². The van der Waals surface area contributed by atoms with Crippen molar-refractivity contribution in [3.8, 4) is 0 Å². The number of carbonyl (C=O) groups is 4. The topological polar surface area (TPSA) is 184 Å². The van der Waals surface area contributed by atoms with E-state index in [9.17, 15) is 27.6 Å². The molecule has 222 valence electrons. The quantitative estimate of drug-likeness (QED) is 0.144. The minimum absolute atomic E-state index is 0.0640.